The number of methoxy groups -OCH3 is 2. The van der Waals surface area contributed by atoms with Crippen molar-refractivity contribution in [3.8, 4) is 5.75 Å². The first-order valence-electron chi connectivity index (χ1n) is 10.9. The van der Waals surface area contributed by atoms with Gasteiger partial charge in [0.05, 0.1) is 20.8 Å². The van der Waals surface area contributed by atoms with Gasteiger partial charge in [-0.1, -0.05) is 48.5 Å². The van der Waals surface area contributed by atoms with Gasteiger partial charge in [0.2, 0.25) is 5.91 Å². The van der Waals surface area contributed by atoms with Gasteiger partial charge in [-0.05, 0) is 28.6 Å². The smallest absolute Gasteiger partial charge is 0.328 e. The van der Waals surface area contributed by atoms with Crippen LogP contribution in [0.2, 0.25) is 0 Å². The van der Waals surface area contributed by atoms with Crippen molar-refractivity contribution in [3.63, 3.8) is 0 Å². The van der Waals surface area contributed by atoms with E-state index in [1.807, 2.05) is 60.0 Å². The number of nitrogens with zero attached hydrogens (tertiary/aromatic N) is 2. The van der Waals surface area contributed by atoms with Gasteiger partial charge >= 0.3 is 5.97 Å². The van der Waals surface area contributed by atoms with Crippen molar-refractivity contribution < 1.29 is 19.1 Å². The number of thiophene rings is 1. The highest BCUT2D eigenvalue weighted by Crippen LogP contribution is 2.26. The maximum absolute atomic E-state index is 13.6. The van der Waals surface area contributed by atoms with E-state index in [2.05, 4.69) is 11.0 Å². The quantitative estimate of drug-likeness (QED) is 0.474. The first-order valence-corrected chi connectivity index (χ1v) is 11.8. The fourth-order valence-corrected chi connectivity index (χ4v) is 5.03. The lowest BCUT2D eigenvalue weighted by atomic mass is 9.94. The van der Waals surface area contributed by atoms with Gasteiger partial charge < -0.3 is 14.4 Å². The molecule has 2 heterocycles. The Labute approximate surface area is 198 Å². The molecule has 4 rings (SSSR count). The minimum Gasteiger partial charge on any atom is -0.496 e. The van der Waals surface area contributed by atoms with E-state index in [1.165, 1.54) is 12.0 Å². The summed E-state index contributed by atoms with van der Waals surface area (Å²) in [5, 5.41) is 2.04. The highest BCUT2D eigenvalue weighted by atomic mass is 32.1. The van der Waals surface area contributed by atoms with Gasteiger partial charge in [0, 0.05) is 36.5 Å². The standard InChI is InChI=1S/C26H28N2O4S/c1-31-24-12-6-5-10-21(24)15-27(17-22-11-7-13-33-22)18-25(29)28-16-20-9-4-3-8-19(20)14-23(28)26(30)32-2/h3-13,23H,14-18H2,1-2H3. The maximum Gasteiger partial charge on any atom is 0.328 e. The van der Waals surface area contributed by atoms with Crippen LogP contribution in [-0.4, -0.2) is 48.5 Å². The van der Waals surface area contributed by atoms with Crippen LogP contribution in [0.1, 0.15) is 21.6 Å². The molecule has 3 aromatic rings. The molecule has 1 atom stereocenters. The average molecular weight is 465 g/mol. The molecule has 172 valence electrons. The molecule has 0 bridgehead atoms. The van der Waals surface area contributed by atoms with Crippen LogP contribution in [-0.2, 0) is 40.4 Å². The Morgan fingerprint density at radius 1 is 1.00 bits per heavy atom. The van der Waals surface area contributed by atoms with Gasteiger partial charge in [-0.3, -0.25) is 9.69 Å². The lowest BCUT2D eigenvalue weighted by molar-refractivity contribution is -0.154. The summed E-state index contributed by atoms with van der Waals surface area (Å²) in [6, 6.07) is 19.3. The fraction of sp³-hybridized carbons (Fsp3) is 0.308. The van der Waals surface area contributed by atoms with Gasteiger partial charge in [0.15, 0.2) is 0 Å². The normalized spacial score (nSPS) is 15.2. The van der Waals surface area contributed by atoms with Crippen LogP contribution in [0.4, 0.5) is 0 Å². The van der Waals surface area contributed by atoms with E-state index in [9.17, 15) is 9.59 Å². The third-order valence-electron chi connectivity index (χ3n) is 5.95. The Kier molecular flexibility index (Phi) is 7.42. The number of amides is 1. The van der Waals surface area contributed by atoms with Crippen molar-refractivity contribution >= 4 is 23.2 Å². The van der Waals surface area contributed by atoms with Crippen LogP contribution in [0.15, 0.2) is 66.0 Å². The highest BCUT2D eigenvalue weighted by molar-refractivity contribution is 7.09. The summed E-state index contributed by atoms with van der Waals surface area (Å²) in [6.45, 7) is 1.78. The van der Waals surface area contributed by atoms with Crippen LogP contribution in [0.5, 0.6) is 5.75 Å². The van der Waals surface area contributed by atoms with Crippen LogP contribution in [0, 0.1) is 0 Å². The highest BCUT2D eigenvalue weighted by Gasteiger charge is 2.35. The first-order chi connectivity index (χ1) is 16.1. The number of hydrogen-bond donors (Lipinski definition) is 0. The molecule has 6 nitrogen and oxygen atoms in total. The second-order valence-electron chi connectivity index (χ2n) is 8.07. The zero-order chi connectivity index (χ0) is 23.2. The van der Waals surface area contributed by atoms with E-state index in [0.29, 0.717) is 26.1 Å². The third kappa shape index (κ3) is 5.43. The number of ether oxygens (including phenoxy) is 2. The van der Waals surface area contributed by atoms with E-state index in [1.54, 1.807) is 23.3 Å². The van der Waals surface area contributed by atoms with Gasteiger partial charge in [-0.2, -0.15) is 0 Å². The van der Waals surface area contributed by atoms with Gasteiger partial charge in [0.1, 0.15) is 11.8 Å². The molecule has 0 saturated carbocycles. The number of hydrogen-bond acceptors (Lipinski definition) is 6. The number of benzene rings is 2. The molecule has 2 aromatic carbocycles. The van der Waals surface area contributed by atoms with Crippen LogP contribution in [0.3, 0.4) is 0 Å². The molecular formula is C26H28N2O4S. The Hall–Kier alpha value is -3.16. The molecule has 33 heavy (non-hydrogen) atoms. The zero-order valence-corrected chi connectivity index (χ0v) is 19.7. The summed E-state index contributed by atoms with van der Waals surface area (Å²) >= 11 is 1.66. The third-order valence-corrected chi connectivity index (χ3v) is 6.81. The number of rotatable bonds is 8. The summed E-state index contributed by atoms with van der Waals surface area (Å²) in [7, 11) is 3.02. The van der Waals surface area contributed by atoms with Crippen molar-refractivity contribution in [2.24, 2.45) is 0 Å². The lowest BCUT2D eigenvalue weighted by Crippen LogP contribution is -2.51. The number of esters is 1. The van der Waals surface area contributed by atoms with Crippen molar-refractivity contribution in [2.45, 2.75) is 32.1 Å². The van der Waals surface area contributed by atoms with E-state index >= 15 is 0 Å². The molecular weight excluding hydrogens is 436 g/mol. The topological polar surface area (TPSA) is 59.1 Å². The summed E-state index contributed by atoms with van der Waals surface area (Å²) in [5.41, 5.74) is 3.17. The predicted octanol–water partition coefficient (Wildman–Crippen LogP) is 3.89. The van der Waals surface area contributed by atoms with Crippen molar-refractivity contribution in [2.75, 3.05) is 20.8 Å². The Morgan fingerprint density at radius 2 is 1.76 bits per heavy atom. The molecule has 1 aromatic heterocycles. The van der Waals surface area contributed by atoms with Crippen LogP contribution < -0.4 is 4.74 Å². The molecule has 0 saturated heterocycles. The van der Waals surface area contributed by atoms with Gasteiger partial charge in [0.25, 0.3) is 0 Å². The van der Waals surface area contributed by atoms with Gasteiger partial charge in [-0.15, -0.1) is 11.3 Å². The molecule has 0 spiro atoms. The Bertz CT molecular complexity index is 1100. The zero-order valence-electron chi connectivity index (χ0n) is 18.9. The Balaban J connectivity index is 1.57. The molecule has 1 aliphatic heterocycles. The SMILES string of the molecule is COC(=O)C1Cc2ccccc2CN1C(=O)CN(Cc1cccs1)Cc1ccccc1OC. The number of fused-ring (bicyclic) bond motifs is 1. The van der Waals surface area contributed by atoms with Crippen molar-refractivity contribution in [1.29, 1.82) is 0 Å². The summed E-state index contributed by atoms with van der Waals surface area (Å²) in [4.78, 5) is 31.1. The molecule has 1 amide bonds. The molecule has 1 aliphatic rings. The monoisotopic (exact) mass is 464 g/mol. The molecule has 1 unspecified atom stereocenters. The summed E-state index contributed by atoms with van der Waals surface area (Å²) in [5.74, 6) is 0.319. The average Bonchev–Trinajstić information content (AvgIpc) is 3.36. The molecule has 7 heteroatoms. The van der Waals surface area contributed by atoms with Gasteiger partial charge in [-0.25, -0.2) is 4.79 Å². The van der Waals surface area contributed by atoms with Crippen molar-refractivity contribution in [3.05, 3.63) is 87.6 Å². The number of carbonyl (C=O) groups excluding carboxylic acids is 2. The molecule has 0 N–H and O–H groups in total. The largest absolute Gasteiger partial charge is 0.496 e. The fourth-order valence-electron chi connectivity index (χ4n) is 4.28. The summed E-state index contributed by atoms with van der Waals surface area (Å²) in [6.07, 6.45) is 0.464. The lowest BCUT2D eigenvalue weighted by Gasteiger charge is -2.36. The molecule has 0 aliphatic carbocycles. The second-order valence-corrected chi connectivity index (χ2v) is 9.10. The first kappa shape index (κ1) is 23.0. The minimum absolute atomic E-state index is 0.0913. The minimum atomic E-state index is -0.618. The summed E-state index contributed by atoms with van der Waals surface area (Å²) < 4.78 is 10.6. The number of para-hydroxylation sites is 1. The van der Waals surface area contributed by atoms with E-state index in [4.69, 9.17) is 9.47 Å². The van der Waals surface area contributed by atoms with E-state index in [-0.39, 0.29) is 18.4 Å². The number of carbonyl (C=O) groups is 2. The second kappa shape index (κ2) is 10.6. The molecule has 0 fully saturated rings. The van der Waals surface area contributed by atoms with Crippen molar-refractivity contribution in [1.82, 2.24) is 9.80 Å². The molecule has 0 radical (unpaired) electrons. The van der Waals surface area contributed by atoms with Crippen LogP contribution >= 0.6 is 11.3 Å². The van der Waals surface area contributed by atoms with E-state index < -0.39 is 6.04 Å². The predicted molar refractivity (Wildman–Crippen MR) is 128 cm³/mol. The maximum atomic E-state index is 13.6. The van der Waals surface area contributed by atoms with Crippen LogP contribution in [0.25, 0.3) is 0 Å². The van der Waals surface area contributed by atoms with E-state index in [0.717, 1.165) is 22.4 Å². The Morgan fingerprint density at radius 3 is 2.48 bits per heavy atom.